The van der Waals surface area contributed by atoms with Crippen LogP contribution >= 0.6 is 15.9 Å². The number of nitro benzene ring substituents is 1. The third-order valence-corrected chi connectivity index (χ3v) is 2.88. The number of pyridine rings is 1. The molecule has 1 aromatic carbocycles. The molecule has 0 saturated heterocycles. The summed E-state index contributed by atoms with van der Waals surface area (Å²) in [4.78, 5) is 26.0. The van der Waals surface area contributed by atoms with Crippen LogP contribution in [0.2, 0.25) is 0 Å². The van der Waals surface area contributed by atoms with Crippen molar-refractivity contribution in [1.29, 1.82) is 0 Å². The number of aromatic nitrogens is 1. The monoisotopic (exact) mass is 337 g/mol. The Morgan fingerprint density at radius 1 is 1.35 bits per heavy atom. The van der Waals surface area contributed by atoms with Gasteiger partial charge in [-0.1, -0.05) is 0 Å². The summed E-state index contributed by atoms with van der Waals surface area (Å²) < 4.78 is 0.574. The van der Waals surface area contributed by atoms with Crippen LogP contribution in [0.3, 0.4) is 0 Å². The van der Waals surface area contributed by atoms with Crippen LogP contribution in [-0.4, -0.2) is 20.9 Å². The number of rotatable bonds is 3. The Balaban J connectivity index is 2.28. The zero-order valence-corrected chi connectivity index (χ0v) is 11.5. The molecule has 0 unspecified atom stereocenters. The Kier molecular flexibility index (Phi) is 3.94. The molecule has 102 valence electrons. The van der Waals surface area contributed by atoms with Crippen molar-refractivity contribution >= 4 is 33.2 Å². The van der Waals surface area contributed by atoms with Crippen molar-refractivity contribution in [3.8, 4) is 5.75 Å². The first-order valence-electron chi connectivity index (χ1n) is 5.37. The molecule has 2 aromatic rings. The molecule has 2 N–H and O–H groups in total. The van der Waals surface area contributed by atoms with Gasteiger partial charge in [-0.15, -0.1) is 0 Å². The molecule has 1 heterocycles. The van der Waals surface area contributed by atoms with Gasteiger partial charge in [-0.3, -0.25) is 14.9 Å². The average Bonchev–Trinajstić information content (AvgIpc) is 2.41. The highest BCUT2D eigenvalue weighted by Crippen LogP contribution is 2.28. The fourth-order valence-electron chi connectivity index (χ4n) is 1.48. The van der Waals surface area contributed by atoms with Crippen LogP contribution in [0.25, 0.3) is 0 Å². The van der Waals surface area contributed by atoms with Crippen LogP contribution in [0.15, 0.2) is 41.1 Å². The summed E-state index contributed by atoms with van der Waals surface area (Å²) in [5, 5.41) is 22.5. The second-order valence-corrected chi connectivity index (χ2v) is 4.59. The number of anilines is 1. The SMILES string of the molecule is O=C(Nc1ccc(O)cc1[N+](=O)[O-])c1ccc(Br)nc1. The number of benzene rings is 1. The lowest BCUT2D eigenvalue weighted by molar-refractivity contribution is -0.384. The quantitative estimate of drug-likeness (QED) is 0.387. The van der Waals surface area contributed by atoms with Gasteiger partial charge in [0, 0.05) is 6.20 Å². The van der Waals surface area contributed by atoms with Crippen molar-refractivity contribution in [2.45, 2.75) is 0 Å². The molecule has 1 amide bonds. The van der Waals surface area contributed by atoms with E-state index in [2.05, 4.69) is 26.2 Å². The molecule has 0 bridgehead atoms. The predicted octanol–water partition coefficient (Wildman–Crippen LogP) is 2.71. The van der Waals surface area contributed by atoms with Gasteiger partial charge in [0.2, 0.25) is 0 Å². The minimum absolute atomic E-state index is 0.000666. The molecule has 0 spiro atoms. The zero-order chi connectivity index (χ0) is 14.7. The Bertz CT molecular complexity index is 673. The highest BCUT2D eigenvalue weighted by molar-refractivity contribution is 9.10. The average molecular weight is 338 g/mol. The molecule has 8 heteroatoms. The first-order chi connectivity index (χ1) is 9.47. The van der Waals surface area contributed by atoms with Crippen LogP contribution in [-0.2, 0) is 0 Å². The fraction of sp³-hybridized carbons (Fsp3) is 0. The first kappa shape index (κ1) is 13.9. The van der Waals surface area contributed by atoms with Gasteiger partial charge in [0.05, 0.1) is 16.6 Å². The molecule has 0 aliphatic heterocycles. The fourth-order valence-corrected chi connectivity index (χ4v) is 1.72. The van der Waals surface area contributed by atoms with Crippen LogP contribution in [0.5, 0.6) is 5.75 Å². The molecule has 0 radical (unpaired) electrons. The second-order valence-electron chi connectivity index (χ2n) is 3.78. The number of nitro groups is 1. The smallest absolute Gasteiger partial charge is 0.296 e. The van der Waals surface area contributed by atoms with Crippen LogP contribution in [0.1, 0.15) is 10.4 Å². The molecular weight excluding hydrogens is 330 g/mol. The van der Waals surface area contributed by atoms with Crippen molar-refractivity contribution in [2.75, 3.05) is 5.32 Å². The van der Waals surface area contributed by atoms with Gasteiger partial charge in [-0.2, -0.15) is 0 Å². The maximum Gasteiger partial charge on any atom is 0.296 e. The minimum atomic E-state index is -0.685. The number of hydrogen-bond acceptors (Lipinski definition) is 5. The van der Waals surface area contributed by atoms with E-state index in [4.69, 9.17) is 0 Å². The lowest BCUT2D eigenvalue weighted by Crippen LogP contribution is -2.13. The summed E-state index contributed by atoms with van der Waals surface area (Å²) in [7, 11) is 0. The van der Waals surface area contributed by atoms with E-state index >= 15 is 0 Å². The molecule has 2 rings (SSSR count). The molecule has 1 aromatic heterocycles. The normalized spacial score (nSPS) is 10.1. The molecule has 0 atom stereocenters. The maximum absolute atomic E-state index is 11.9. The number of phenolic OH excluding ortho intramolecular Hbond substituents is 1. The lowest BCUT2D eigenvalue weighted by Gasteiger charge is -2.06. The highest BCUT2D eigenvalue weighted by Gasteiger charge is 2.17. The Morgan fingerprint density at radius 3 is 2.70 bits per heavy atom. The summed E-state index contributed by atoms with van der Waals surface area (Å²) in [6, 6.07) is 6.59. The van der Waals surface area contributed by atoms with E-state index in [1.165, 1.54) is 24.4 Å². The first-order valence-corrected chi connectivity index (χ1v) is 6.17. The standard InChI is InChI=1S/C12H8BrN3O4/c13-11-4-1-7(6-14-11)12(18)15-9-3-2-8(17)5-10(9)16(19)20/h1-6,17H,(H,15,18). The maximum atomic E-state index is 11.9. The van der Waals surface area contributed by atoms with E-state index in [0.29, 0.717) is 4.60 Å². The van der Waals surface area contributed by atoms with Crippen molar-refractivity contribution < 1.29 is 14.8 Å². The topological polar surface area (TPSA) is 105 Å². The van der Waals surface area contributed by atoms with E-state index in [-0.39, 0.29) is 22.7 Å². The number of amides is 1. The zero-order valence-electron chi connectivity index (χ0n) is 9.91. The van der Waals surface area contributed by atoms with E-state index in [0.717, 1.165) is 6.07 Å². The molecule has 0 aliphatic carbocycles. The van der Waals surface area contributed by atoms with Crippen LogP contribution < -0.4 is 5.32 Å². The molecule has 0 saturated carbocycles. The van der Waals surface area contributed by atoms with Gasteiger partial charge < -0.3 is 10.4 Å². The van der Waals surface area contributed by atoms with Gasteiger partial charge in [-0.05, 0) is 40.2 Å². The van der Waals surface area contributed by atoms with Gasteiger partial charge in [-0.25, -0.2) is 4.98 Å². The third-order valence-electron chi connectivity index (χ3n) is 2.42. The van der Waals surface area contributed by atoms with Gasteiger partial charge in [0.25, 0.3) is 11.6 Å². The van der Waals surface area contributed by atoms with E-state index in [1.807, 2.05) is 0 Å². The Hall–Kier alpha value is -2.48. The van der Waals surface area contributed by atoms with Gasteiger partial charge >= 0.3 is 0 Å². The number of carbonyl (C=O) groups excluding carboxylic acids is 1. The van der Waals surface area contributed by atoms with Crippen molar-refractivity contribution in [3.05, 3.63) is 56.8 Å². The number of halogens is 1. The van der Waals surface area contributed by atoms with E-state index in [1.54, 1.807) is 6.07 Å². The summed E-state index contributed by atoms with van der Waals surface area (Å²) >= 11 is 3.14. The minimum Gasteiger partial charge on any atom is -0.508 e. The lowest BCUT2D eigenvalue weighted by atomic mass is 10.2. The Labute approximate surface area is 121 Å². The molecular formula is C12H8BrN3O4. The van der Waals surface area contributed by atoms with Gasteiger partial charge in [0.15, 0.2) is 0 Å². The van der Waals surface area contributed by atoms with Crippen LogP contribution in [0.4, 0.5) is 11.4 Å². The second kappa shape index (κ2) is 5.66. The third kappa shape index (κ3) is 3.09. The van der Waals surface area contributed by atoms with E-state index in [9.17, 15) is 20.0 Å². The predicted molar refractivity (Wildman–Crippen MR) is 74.7 cm³/mol. The number of phenols is 1. The van der Waals surface area contributed by atoms with Crippen molar-refractivity contribution in [2.24, 2.45) is 0 Å². The highest BCUT2D eigenvalue weighted by atomic mass is 79.9. The number of carbonyl (C=O) groups is 1. The largest absolute Gasteiger partial charge is 0.508 e. The summed E-state index contributed by atoms with van der Waals surface area (Å²) in [6.07, 6.45) is 1.34. The number of aromatic hydroxyl groups is 1. The summed E-state index contributed by atoms with van der Waals surface area (Å²) in [5.41, 5.74) is -0.125. The summed E-state index contributed by atoms with van der Waals surface area (Å²) in [5.74, 6) is -0.779. The molecule has 20 heavy (non-hydrogen) atoms. The van der Waals surface area contributed by atoms with Crippen molar-refractivity contribution in [3.63, 3.8) is 0 Å². The van der Waals surface area contributed by atoms with E-state index < -0.39 is 10.8 Å². The number of nitrogens with one attached hydrogen (secondary N) is 1. The van der Waals surface area contributed by atoms with Crippen molar-refractivity contribution in [1.82, 2.24) is 4.98 Å². The number of nitrogens with zero attached hydrogens (tertiary/aromatic N) is 2. The number of hydrogen-bond donors (Lipinski definition) is 2. The summed E-state index contributed by atoms with van der Waals surface area (Å²) in [6.45, 7) is 0. The van der Waals surface area contributed by atoms with Crippen LogP contribution in [0, 0.1) is 10.1 Å². The molecule has 0 aliphatic rings. The molecule has 0 fully saturated rings. The molecule has 7 nitrogen and oxygen atoms in total. The van der Waals surface area contributed by atoms with Gasteiger partial charge in [0.1, 0.15) is 16.0 Å². The Morgan fingerprint density at radius 2 is 2.10 bits per heavy atom.